The van der Waals surface area contributed by atoms with E-state index in [2.05, 4.69) is 23.1 Å². The summed E-state index contributed by atoms with van der Waals surface area (Å²) in [5, 5.41) is 0. The minimum Gasteiger partial charge on any atom is -0.495 e. The highest BCUT2D eigenvalue weighted by Crippen LogP contribution is 2.29. The number of ether oxygens (including phenoxy) is 2. The van der Waals surface area contributed by atoms with Crippen LogP contribution in [0.3, 0.4) is 0 Å². The lowest BCUT2D eigenvalue weighted by atomic mass is 10.1. The third-order valence-electron chi connectivity index (χ3n) is 6.32. The van der Waals surface area contributed by atoms with Crippen LogP contribution in [-0.4, -0.2) is 44.1 Å². The van der Waals surface area contributed by atoms with Crippen molar-refractivity contribution in [3.63, 3.8) is 0 Å². The predicted molar refractivity (Wildman–Crippen MR) is 123 cm³/mol. The highest BCUT2D eigenvalue weighted by Gasteiger charge is 2.25. The van der Waals surface area contributed by atoms with Gasteiger partial charge >= 0.3 is 0 Å². The van der Waals surface area contributed by atoms with Crippen molar-refractivity contribution in [1.29, 1.82) is 0 Å². The molecule has 0 atom stereocenters. The highest BCUT2D eigenvalue weighted by molar-refractivity contribution is 5.91. The SMILES string of the molecule is COc1ccccc1N1CCN(C(=O)c2ccc(COc3ccc4c(c3)CCC4)o2)CC1. The average Bonchev–Trinajstić information content (AvgIpc) is 3.51. The number of methoxy groups -OCH3 is 1. The number of hydrogen-bond acceptors (Lipinski definition) is 5. The van der Waals surface area contributed by atoms with Gasteiger partial charge in [-0.25, -0.2) is 0 Å². The number of benzene rings is 2. The van der Waals surface area contributed by atoms with E-state index in [1.807, 2.05) is 35.2 Å². The van der Waals surface area contributed by atoms with Crippen molar-refractivity contribution >= 4 is 11.6 Å². The zero-order valence-corrected chi connectivity index (χ0v) is 18.4. The molecule has 1 saturated heterocycles. The van der Waals surface area contributed by atoms with E-state index in [4.69, 9.17) is 13.9 Å². The van der Waals surface area contributed by atoms with E-state index in [1.54, 1.807) is 13.2 Å². The van der Waals surface area contributed by atoms with Gasteiger partial charge in [-0.1, -0.05) is 18.2 Å². The molecule has 1 fully saturated rings. The van der Waals surface area contributed by atoms with Crippen LogP contribution >= 0.6 is 0 Å². The first-order chi connectivity index (χ1) is 15.7. The Morgan fingerprint density at radius 1 is 0.969 bits per heavy atom. The maximum absolute atomic E-state index is 12.9. The number of carbonyl (C=O) groups is 1. The Labute approximate surface area is 188 Å². The molecular formula is C26H28N2O4. The molecule has 2 aliphatic rings. The molecule has 1 aromatic heterocycles. The van der Waals surface area contributed by atoms with Gasteiger partial charge in [-0.3, -0.25) is 4.79 Å². The van der Waals surface area contributed by atoms with Gasteiger partial charge < -0.3 is 23.7 Å². The average molecular weight is 433 g/mol. The number of hydrogen-bond donors (Lipinski definition) is 0. The molecule has 1 aliphatic carbocycles. The molecule has 6 nitrogen and oxygen atoms in total. The maximum atomic E-state index is 12.9. The zero-order valence-electron chi connectivity index (χ0n) is 18.4. The molecule has 166 valence electrons. The Bertz CT molecular complexity index is 1100. The number of piperazine rings is 1. The highest BCUT2D eigenvalue weighted by atomic mass is 16.5. The number of para-hydroxylation sites is 2. The van der Waals surface area contributed by atoms with Crippen LogP contribution in [0, 0.1) is 0 Å². The second kappa shape index (κ2) is 8.99. The molecule has 3 aromatic rings. The number of anilines is 1. The van der Waals surface area contributed by atoms with Gasteiger partial charge in [0.2, 0.25) is 0 Å². The van der Waals surface area contributed by atoms with Crippen molar-refractivity contribution in [1.82, 2.24) is 4.90 Å². The molecular weight excluding hydrogens is 404 g/mol. The van der Waals surface area contributed by atoms with Gasteiger partial charge in [0.05, 0.1) is 12.8 Å². The third-order valence-corrected chi connectivity index (χ3v) is 6.32. The summed E-state index contributed by atoms with van der Waals surface area (Å²) in [6.07, 6.45) is 3.50. The summed E-state index contributed by atoms with van der Waals surface area (Å²) in [5.41, 5.74) is 3.87. The standard InChI is InChI=1S/C26H28N2O4/c1-30-24-8-3-2-7-23(24)27-13-15-28(16-14-27)26(29)25-12-11-22(32-25)18-31-21-10-9-19-5-4-6-20(19)17-21/h2-3,7-12,17H,4-6,13-16,18H2,1H3. The van der Waals surface area contributed by atoms with Crippen LogP contribution in [0.15, 0.2) is 59.0 Å². The lowest BCUT2D eigenvalue weighted by Crippen LogP contribution is -2.48. The second-order valence-corrected chi connectivity index (χ2v) is 8.29. The molecule has 0 unspecified atom stereocenters. The van der Waals surface area contributed by atoms with Gasteiger partial charge in [-0.2, -0.15) is 0 Å². The van der Waals surface area contributed by atoms with Gasteiger partial charge in [0, 0.05) is 26.2 Å². The smallest absolute Gasteiger partial charge is 0.289 e. The summed E-state index contributed by atoms with van der Waals surface area (Å²) in [6.45, 7) is 3.09. The second-order valence-electron chi connectivity index (χ2n) is 8.29. The van der Waals surface area contributed by atoms with Crippen LogP contribution in [0.4, 0.5) is 5.69 Å². The van der Waals surface area contributed by atoms with Crippen LogP contribution in [-0.2, 0) is 19.4 Å². The van der Waals surface area contributed by atoms with Crippen molar-refractivity contribution in [2.24, 2.45) is 0 Å². The van der Waals surface area contributed by atoms with Crippen LogP contribution in [0.25, 0.3) is 0 Å². The van der Waals surface area contributed by atoms with E-state index in [1.165, 1.54) is 17.5 Å². The summed E-state index contributed by atoms with van der Waals surface area (Å²) in [5.74, 6) is 2.65. The molecule has 0 spiro atoms. The molecule has 6 heteroatoms. The first-order valence-electron chi connectivity index (χ1n) is 11.2. The lowest BCUT2D eigenvalue weighted by molar-refractivity contribution is 0.0710. The summed E-state index contributed by atoms with van der Waals surface area (Å²) in [7, 11) is 1.68. The Balaban J connectivity index is 1.16. The fourth-order valence-corrected chi connectivity index (χ4v) is 4.56. The zero-order chi connectivity index (χ0) is 21.9. The molecule has 2 aromatic carbocycles. The van der Waals surface area contributed by atoms with Crippen LogP contribution in [0.5, 0.6) is 11.5 Å². The quantitative estimate of drug-likeness (QED) is 0.581. The Morgan fingerprint density at radius 3 is 2.62 bits per heavy atom. The first-order valence-corrected chi connectivity index (χ1v) is 11.2. The summed E-state index contributed by atoms with van der Waals surface area (Å²) in [4.78, 5) is 17.0. The number of furan rings is 1. The number of aryl methyl sites for hydroxylation is 2. The summed E-state index contributed by atoms with van der Waals surface area (Å²) < 4.78 is 17.2. The maximum Gasteiger partial charge on any atom is 0.289 e. The van der Waals surface area contributed by atoms with Gasteiger partial charge in [-0.15, -0.1) is 0 Å². The van der Waals surface area contributed by atoms with Gasteiger partial charge in [0.25, 0.3) is 5.91 Å². The Morgan fingerprint density at radius 2 is 1.78 bits per heavy atom. The van der Waals surface area contributed by atoms with Crippen molar-refractivity contribution < 1.29 is 18.7 Å². The fourth-order valence-electron chi connectivity index (χ4n) is 4.56. The number of rotatable bonds is 6. The summed E-state index contributed by atoms with van der Waals surface area (Å²) >= 11 is 0. The normalized spacial score (nSPS) is 15.5. The number of carbonyl (C=O) groups excluding carboxylic acids is 1. The number of amides is 1. The van der Waals surface area contributed by atoms with E-state index in [0.717, 1.165) is 43.1 Å². The molecule has 0 N–H and O–H groups in total. The monoisotopic (exact) mass is 432 g/mol. The van der Waals surface area contributed by atoms with Gasteiger partial charge in [0.1, 0.15) is 23.9 Å². The van der Waals surface area contributed by atoms with Crippen molar-refractivity contribution in [2.75, 3.05) is 38.2 Å². The largest absolute Gasteiger partial charge is 0.495 e. The van der Waals surface area contributed by atoms with Crippen LogP contribution in [0.1, 0.15) is 33.9 Å². The molecule has 5 rings (SSSR count). The van der Waals surface area contributed by atoms with Crippen LogP contribution < -0.4 is 14.4 Å². The molecule has 0 saturated carbocycles. The number of fused-ring (bicyclic) bond motifs is 1. The van der Waals surface area contributed by atoms with E-state index in [0.29, 0.717) is 31.2 Å². The van der Waals surface area contributed by atoms with Crippen molar-refractivity contribution in [3.8, 4) is 11.5 Å². The molecule has 32 heavy (non-hydrogen) atoms. The molecule has 0 radical (unpaired) electrons. The van der Waals surface area contributed by atoms with Crippen LogP contribution in [0.2, 0.25) is 0 Å². The molecule has 0 bridgehead atoms. The third kappa shape index (κ3) is 4.17. The minimum absolute atomic E-state index is 0.0755. The Kier molecular flexibility index (Phi) is 5.75. The Hall–Kier alpha value is -3.41. The summed E-state index contributed by atoms with van der Waals surface area (Å²) in [6, 6.07) is 17.8. The number of nitrogens with zero attached hydrogens (tertiary/aromatic N) is 2. The van der Waals surface area contributed by atoms with E-state index in [9.17, 15) is 4.79 Å². The van der Waals surface area contributed by atoms with Crippen molar-refractivity contribution in [2.45, 2.75) is 25.9 Å². The minimum atomic E-state index is -0.0755. The van der Waals surface area contributed by atoms with Gasteiger partial charge in [0.15, 0.2) is 5.76 Å². The topological polar surface area (TPSA) is 55.2 Å². The van der Waals surface area contributed by atoms with Crippen molar-refractivity contribution in [3.05, 3.63) is 77.2 Å². The molecule has 1 aliphatic heterocycles. The first kappa shape index (κ1) is 20.5. The van der Waals surface area contributed by atoms with Gasteiger partial charge in [-0.05, 0) is 66.8 Å². The van der Waals surface area contributed by atoms with E-state index >= 15 is 0 Å². The lowest BCUT2D eigenvalue weighted by Gasteiger charge is -2.36. The van der Waals surface area contributed by atoms with E-state index in [-0.39, 0.29) is 5.91 Å². The fraction of sp³-hybridized carbons (Fsp3) is 0.346. The van der Waals surface area contributed by atoms with E-state index < -0.39 is 0 Å². The predicted octanol–water partition coefficient (Wildman–Crippen LogP) is 4.32. The molecule has 1 amide bonds. The molecule has 2 heterocycles.